The second kappa shape index (κ2) is 7.24. The molecule has 0 aliphatic rings. The lowest BCUT2D eigenvalue weighted by Gasteiger charge is -2.27. The van der Waals surface area contributed by atoms with Crippen LogP contribution >= 0.6 is 0 Å². The van der Waals surface area contributed by atoms with Crippen molar-refractivity contribution in [3.8, 4) is 0 Å². The molecule has 0 saturated carbocycles. The van der Waals surface area contributed by atoms with Crippen LogP contribution in [0.3, 0.4) is 0 Å². The van der Waals surface area contributed by atoms with Gasteiger partial charge >= 0.3 is 12.0 Å². The average Bonchev–Trinajstić information content (AvgIpc) is 2.14. The molecule has 0 spiro atoms. The Hall–Kier alpha value is -1.26. The van der Waals surface area contributed by atoms with Gasteiger partial charge in [0.05, 0.1) is 6.42 Å². The minimum absolute atomic E-state index is 0.000938. The van der Waals surface area contributed by atoms with Crippen molar-refractivity contribution in [3.63, 3.8) is 0 Å². The van der Waals surface area contributed by atoms with E-state index in [9.17, 15) is 9.59 Å². The van der Waals surface area contributed by atoms with Gasteiger partial charge in [0, 0.05) is 19.1 Å². The third-order valence-electron chi connectivity index (χ3n) is 2.60. The number of amides is 2. The van der Waals surface area contributed by atoms with Crippen molar-refractivity contribution >= 4 is 12.0 Å². The van der Waals surface area contributed by atoms with E-state index in [1.807, 2.05) is 13.8 Å². The summed E-state index contributed by atoms with van der Waals surface area (Å²) in [6.07, 6.45) is 0.870. The molecular formula is C13H26N2O3. The zero-order valence-corrected chi connectivity index (χ0v) is 12.1. The number of nitrogens with one attached hydrogen (secondary N) is 1. The Bertz CT molecular complexity index is 282. The molecule has 2 N–H and O–H groups in total. The molecule has 0 atom stereocenters. The summed E-state index contributed by atoms with van der Waals surface area (Å²) >= 11 is 0. The minimum atomic E-state index is -0.886. The van der Waals surface area contributed by atoms with Crippen LogP contribution in [0.25, 0.3) is 0 Å². The topological polar surface area (TPSA) is 69.6 Å². The lowest BCUT2D eigenvalue weighted by Crippen LogP contribution is -2.45. The highest BCUT2D eigenvalue weighted by Crippen LogP contribution is 2.17. The van der Waals surface area contributed by atoms with Crippen LogP contribution in [0.5, 0.6) is 0 Å². The standard InChI is InChI=1S/C13H26N2O3/c1-10(2)15(9-6-11(16)17)12(18)14-8-7-13(3,4)5/h10H,6-9H2,1-5H3,(H,14,18)(H,16,17). The molecule has 0 heterocycles. The highest BCUT2D eigenvalue weighted by atomic mass is 16.4. The summed E-state index contributed by atoms with van der Waals surface area (Å²) in [4.78, 5) is 24.0. The molecule has 0 aliphatic carbocycles. The average molecular weight is 258 g/mol. The van der Waals surface area contributed by atoms with E-state index in [1.54, 1.807) is 4.90 Å². The number of hydrogen-bond acceptors (Lipinski definition) is 2. The summed E-state index contributed by atoms with van der Waals surface area (Å²) in [6.45, 7) is 11.0. The van der Waals surface area contributed by atoms with Crippen LogP contribution in [0.15, 0.2) is 0 Å². The van der Waals surface area contributed by atoms with Gasteiger partial charge in [0.1, 0.15) is 0 Å². The summed E-state index contributed by atoms with van der Waals surface area (Å²) in [5.74, 6) is -0.886. The van der Waals surface area contributed by atoms with Crippen LogP contribution in [-0.4, -0.2) is 41.1 Å². The Balaban J connectivity index is 4.19. The number of carbonyl (C=O) groups excluding carboxylic acids is 1. The lowest BCUT2D eigenvalue weighted by atomic mass is 9.92. The van der Waals surface area contributed by atoms with Crippen LogP contribution in [0.1, 0.15) is 47.5 Å². The van der Waals surface area contributed by atoms with E-state index in [4.69, 9.17) is 5.11 Å². The number of urea groups is 1. The van der Waals surface area contributed by atoms with E-state index in [1.165, 1.54) is 0 Å². The molecule has 5 nitrogen and oxygen atoms in total. The van der Waals surface area contributed by atoms with Crippen LogP contribution in [0.2, 0.25) is 0 Å². The van der Waals surface area contributed by atoms with Crippen molar-refractivity contribution < 1.29 is 14.7 Å². The van der Waals surface area contributed by atoms with Crippen molar-refractivity contribution in [3.05, 3.63) is 0 Å². The van der Waals surface area contributed by atoms with Gasteiger partial charge in [-0.15, -0.1) is 0 Å². The Labute approximate surface area is 110 Å². The maximum Gasteiger partial charge on any atom is 0.317 e. The maximum atomic E-state index is 11.9. The first kappa shape index (κ1) is 16.7. The lowest BCUT2D eigenvalue weighted by molar-refractivity contribution is -0.137. The highest BCUT2D eigenvalue weighted by Gasteiger charge is 2.18. The van der Waals surface area contributed by atoms with E-state index < -0.39 is 5.97 Å². The second-order valence-electron chi connectivity index (χ2n) is 5.97. The largest absolute Gasteiger partial charge is 0.481 e. The van der Waals surface area contributed by atoms with Crippen molar-refractivity contribution in [2.24, 2.45) is 5.41 Å². The monoisotopic (exact) mass is 258 g/mol. The van der Waals surface area contributed by atoms with Crippen LogP contribution < -0.4 is 5.32 Å². The first-order chi connectivity index (χ1) is 8.13. The van der Waals surface area contributed by atoms with Crippen LogP contribution in [0, 0.1) is 5.41 Å². The fraction of sp³-hybridized carbons (Fsp3) is 0.846. The molecule has 0 bridgehead atoms. The Kier molecular flexibility index (Phi) is 6.73. The minimum Gasteiger partial charge on any atom is -0.481 e. The van der Waals surface area contributed by atoms with Crippen molar-refractivity contribution in [2.75, 3.05) is 13.1 Å². The van der Waals surface area contributed by atoms with Gasteiger partial charge in [0.2, 0.25) is 0 Å². The zero-order valence-electron chi connectivity index (χ0n) is 12.1. The first-order valence-electron chi connectivity index (χ1n) is 6.40. The summed E-state index contributed by atoms with van der Waals surface area (Å²) in [6, 6.07) is -0.186. The van der Waals surface area contributed by atoms with E-state index in [0.29, 0.717) is 6.54 Å². The highest BCUT2D eigenvalue weighted by molar-refractivity contribution is 5.75. The van der Waals surface area contributed by atoms with E-state index >= 15 is 0 Å². The maximum absolute atomic E-state index is 11.9. The van der Waals surface area contributed by atoms with E-state index in [-0.39, 0.29) is 30.5 Å². The third kappa shape index (κ3) is 7.92. The number of rotatable bonds is 6. The normalized spacial score (nSPS) is 11.4. The number of carbonyl (C=O) groups is 2. The smallest absolute Gasteiger partial charge is 0.317 e. The van der Waals surface area contributed by atoms with E-state index in [0.717, 1.165) is 6.42 Å². The van der Waals surface area contributed by atoms with Crippen LogP contribution in [0.4, 0.5) is 4.79 Å². The molecule has 18 heavy (non-hydrogen) atoms. The van der Waals surface area contributed by atoms with E-state index in [2.05, 4.69) is 26.1 Å². The second-order valence-corrected chi connectivity index (χ2v) is 5.97. The molecule has 0 saturated heterocycles. The molecule has 0 rings (SSSR count). The number of carboxylic acids is 1. The molecule has 106 valence electrons. The molecule has 0 aromatic heterocycles. The fourth-order valence-corrected chi connectivity index (χ4v) is 1.46. The molecule has 0 aromatic carbocycles. The first-order valence-corrected chi connectivity index (χ1v) is 6.40. The molecule has 0 unspecified atom stereocenters. The zero-order chi connectivity index (χ0) is 14.3. The Morgan fingerprint density at radius 1 is 1.28 bits per heavy atom. The van der Waals surface area contributed by atoms with Crippen molar-refractivity contribution in [2.45, 2.75) is 53.5 Å². The molecular weight excluding hydrogens is 232 g/mol. The van der Waals surface area contributed by atoms with Gasteiger partial charge in [-0.1, -0.05) is 20.8 Å². The molecule has 0 aliphatic heterocycles. The number of carboxylic acid groups (broad SMARTS) is 1. The summed E-state index contributed by atoms with van der Waals surface area (Å²) in [7, 11) is 0. The fourth-order valence-electron chi connectivity index (χ4n) is 1.46. The Morgan fingerprint density at radius 2 is 1.83 bits per heavy atom. The van der Waals surface area contributed by atoms with Gasteiger partial charge in [-0.3, -0.25) is 4.79 Å². The van der Waals surface area contributed by atoms with Gasteiger partial charge < -0.3 is 15.3 Å². The molecule has 2 amide bonds. The van der Waals surface area contributed by atoms with Gasteiger partial charge in [-0.05, 0) is 25.7 Å². The number of nitrogens with zero attached hydrogens (tertiary/aromatic N) is 1. The van der Waals surface area contributed by atoms with Gasteiger partial charge in [0.25, 0.3) is 0 Å². The number of hydrogen-bond donors (Lipinski definition) is 2. The summed E-state index contributed by atoms with van der Waals surface area (Å²) in [5, 5.41) is 11.5. The van der Waals surface area contributed by atoms with Crippen molar-refractivity contribution in [1.82, 2.24) is 10.2 Å². The van der Waals surface area contributed by atoms with Crippen LogP contribution in [-0.2, 0) is 4.79 Å². The SMILES string of the molecule is CC(C)N(CCC(=O)O)C(=O)NCCC(C)(C)C. The third-order valence-corrected chi connectivity index (χ3v) is 2.60. The Morgan fingerprint density at radius 3 is 2.22 bits per heavy atom. The van der Waals surface area contributed by atoms with Crippen molar-refractivity contribution in [1.29, 1.82) is 0 Å². The van der Waals surface area contributed by atoms with Gasteiger partial charge in [-0.2, -0.15) is 0 Å². The predicted octanol–water partition coefficient (Wildman–Crippen LogP) is 2.32. The molecule has 5 heteroatoms. The van der Waals surface area contributed by atoms with Gasteiger partial charge in [-0.25, -0.2) is 4.79 Å². The quantitative estimate of drug-likeness (QED) is 0.768. The van der Waals surface area contributed by atoms with Gasteiger partial charge in [0.15, 0.2) is 0 Å². The number of aliphatic carboxylic acids is 1. The summed E-state index contributed by atoms with van der Waals surface area (Å²) in [5.41, 5.74) is 0.178. The molecule has 0 radical (unpaired) electrons. The molecule has 0 fully saturated rings. The predicted molar refractivity (Wildman–Crippen MR) is 71.6 cm³/mol. The summed E-state index contributed by atoms with van der Waals surface area (Å²) < 4.78 is 0. The molecule has 0 aromatic rings.